The number of methoxy groups -OCH3 is 1. The number of nitrogens with zero attached hydrogens (tertiary/aromatic N) is 2. The van der Waals surface area contributed by atoms with Gasteiger partial charge in [-0.05, 0) is 26.8 Å². The number of carbonyl (C=O) groups excluding carboxylic acids is 1. The van der Waals surface area contributed by atoms with Gasteiger partial charge >= 0.3 is 0 Å². The van der Waals surface area contributed by atoms with E-state index < -0.39 is 0 Å². The summed E-state index contributed by atoms with van der Waals surface area (Å²) in [6.45, 7) is 7.16. The van der Waals surface area contributed by atoms with Crippen LogP contribution < -0.4 is 10.6 Å². The standard InChI is InChI=1S/C16H22N4O3/c1-9-5-12(11(3)20(9)15-6-10(2)23-19-15)16(21)18-13-7-17-8-14(13)22-4/h5-6,13-14,17H,7-8H2,1-4H3,(H,18,21)/t13?,14-/m0/s1. The Morgan fingerprint density at radius 2 is 2.17 bits per heavy atom. The Morgan fingerprint density at radius 3 is 2.83 bits per heavy atom. The van der Waals surface area contributed by atoms with Crippen LogP contribution in [-0.2, 0) is 4.74 Å². The van der Waals surface area contributed by atoms with Gasteiger partial charge in [0.15, 0.2) is 5.82 Å². The van der Waals surface area contributed by atoms with E-state index in [1.54, 1.807) is 7.11 Å². The third-order valence-electron chi connectivity index (χ3n) is 4.30. The zero-order valence-electron chi connectivity index (χ0n) is 13.8. The van der Waals surface area contributed by atoms with E-state index in [9.17, 15) is 4.79 Å². The second kappa shape index (κ2) is 6.17. The van der Waals surface area contributed by atoms with Crippen molar-refractivity contribution in [2.45, 2.75) is 32.9 Å². The first-order chi connectivity index (χ1) is 11.0. The lowest BCUT2D eigenvalue weighted by Crippen LogP contribution is -2.43. The number of rotatable bonds is 4. The highest BCUT2D eigenvalue weighted by molar-refractivity contribution is 5.96. The van der Waals surface area contributed by atoms with Gasteiger partial charge in [0.25, 0.3) is 5.91 Å². The summed E-state index contributed by atoms with van der Waals surface area (Å²) < 4.78 is 12.4. The fraction of sp³-hybridized carbons (Fsp3) is 0.500. The fourth-order valence-corrected chi connectivity index (χ4v) is 3.10. The SMILES string of the molecule is CO[C@H]1CNCC1NC(=O)c1cc(C)n(-c2cc(C)on2)c1C. The lowest BCUT2D eigenvalue weighted by Gasteiger charge is -2.18. The van der Waals surface area contributed by atoms with Crippen molar-refractivity contribution in [2.75, 3.05) is 20.2 Å². The summed E-state index contributed by atoms with van der Waals surface area (Å²) in [4.78, 5) is 12.6. The van der Waals surface area contributed by atoms with Gasteiger partial charge in [0.05, 0.1) is 17.7 Å². The van der Waals surface area contributed by atoms with Gasteiger partial charge < -0.3 is 19.9 Å². The topological polar surface area (TPSA) is 81.3 Å². The fourth-order valence-electron chi connectivity index (χ4n) is 3.10. The molecule has 1 amide bonds. The molecule has 0 saturated carbocycles. The molecule has 0 radical (unpaired) electrons. The molecular formula is C16H22N4O3. The van der Waals surface area contributed by atoms with E-state index in [4.69, 9.17) is 9.26 Å². The van der Waals surface area contributed by atoms with Crippen LogP contribution in [0.2, 0.25) is 0 Å². The van der Waals surface area contributed by atoms with Crippen LogP contribution >= 0.6 is 0 Å². The summed E-state index contributed by atoms with van der Waals surface area (Å²) in [6, 6.07) is 3.70. The summed E-state index contributed by atoms with van der Waals surface area (Å²) in [5.74, 6) is 1.33. The van der Waals surface area contributed by atoms with Gasteiger partial charge in [0, 0.05) is 37.7 Å². The molecule has 1 aliphatic heterocycles. The minimum Gasteiger partial charge on any atom is -0.378 e. The van der Waals surface area contributed by atoms with Gasteiger partial charge in [-0.3, -0.25) is 9.36 Å². The first kappa shape index (κ1) is 15.8. The molecule has 1 saturated heterocycles. The number of hydrogen-bond donors (Lipinski definition) is 2. The van der Waals surface area contributed by atoms with Crippen LogP contribution in [0.4, 0.5) is 0 Å². The van der Waals surface area contributed by atoms with Gasteiger partial charge in [-0.2, -0.15) is 0 Å². The molecule has 0 bridgehead atoms. The molecule has 2 atom stereocenters. The molecule has 1 fully saturated rings. The molecule has 1 aliphatic rings. The van der Waals surface area contributed by atoms with Crippen LogP contribution in [0, 0.1) is 20.8 Å². The molecule has 0 aromatic carbocycles. The molecule has 23 heavy (non-hydrogen) atoms. The number of amides is 1. The maximum Gasteiger partial charge on any atom is 0.253 e. The Labute approximate surface area is 135 Å². The Balaban J connectivity index is 1.84. The third kappa shape index (κ3) is 2.89. The molecule has 1 unspecified atom stereocenters. The van der Waals surface area contributed by atoms with Crippen molar-refractivity contribution in [3.05, 3.63) is 34.8 Å². The Kier molecular flexibility index (Phi) is 4.23. The molecule has 7 heteroatoms. The smallest absolute Gasteiger partial charge is 0.253 e. The minimum atomic E-state index is -0.0969. The molecule has 3 rings (SSSR count). The highest BCUT2D eigenvalue weighted by atomic mass is 16.5. The average molecular weight is 318 g/mol. The van der Waals surface area contributed by atoms with Crippen LogP contribution in [-0.4, -0.2) is 48.0 Å². The van der Waals surface area contributed by atoms with Gasteiger partial charge in [-0.15, -0.1) is 0 Å². The predicted octanol–water partition coefficient (Wildman–Crippen LogP) is 1.11. The van der Waals surface area contributed by atoms with Crippen molar-refractivity contribution < 1.29 is 14.1 Å². The van der Waals surface area contributed by atoms with Crippen molar-refractivity contribution in [3.8, 4) is 5.82 Å². The molecule has 0 aliphatic carbocycles. The number of aromatic nitrogens is 2. The second-order valence-electron chi connectivity index (χ2n) is 5.93. The lowest BCUT2D eigenvalue weighted by molar-refractivity contribution is 0.0779. The number of carbonyl (C=O) groups is 1. The van der Waals surface area contributed by atoms with Gasteiger partial charge in [-0.25, -0.2) is 0 Å². The van der Waals surface area contributed by atoms with E-state index in [0.29, 0.717) is 17.9 Å². The molecular weight excluding hydrogens is 296 g/mol. The van der Waals surface area contributed by atoms with Gasteiger partial charge in [0.2, 0.25) is 0 Å². The molecule has 2 aromatic rings. The summed E-state index contributed by atoms with van der Waals surface area (Å²) in [6.07, 6.45) is 0.000582. The van der Waals surface area contributed by atoms with Crippen LogP contribution in [0.3, 0.4) is 0 Å². The van der Waals surface area contributed by atoms with E-state index in [2.05, 4.69) is 15.8 Å². The van der Waals surface area contributed by atoms with Crippen LogP contribution in [0.5, 0.6) is 0 Å². The normalized spacial score (nSPS) is 20.9. The summed E-state index contributed by atoms with van der Waals surface area (Å²) in [7, 11) is 1.66. The van der Waals surface area contributed by atoms with E-state index in [1.165, 1.54) is 0 Å². The van der Waals surface area contributed by atoms with Crippen molar-refractivity contribution >= 4 is 5.91 Å². The van der Waals surface area contributed by atoms with E-state index >= 15 is 0 Å². The first-order valence-electron chi connectivity index (χ1n) is 7.68. The number of ether oxygens (including phenoxy) is 1. The quantitative estimate of drug-likeness (QED) is 0.882. The van der Waals surface area contributed by atoms with Crippen LogP contribution in [0.15, 0.2) is 16.7 Å². The van der Waals surface area contributed by atoms with E-state index in [1.807, 2.05) is 37.5 Å². The van der Waals surface area contributed by atoms with E-state index in [0.717, 1.165) is 23.7 Å². The van der Waals surface area contributed by atoms with Crippen molar-refractivity contribution in [1.82, 2.24) is 20.4 Å². The Hall–Kier alpha value is -2.12. The first-order valence-corrected chi connectivity index (χ1v) is 7.68. The van der Waals surface area contributed by atoms with Gasteiger partial charge in [-0.1, -0.05) is 5.16 Å². The highest BCUT2D eigenvalue weighted by Crippen LogP contribution is 2.21. The van der Waals surface area contributed by atoms with Crippen LogP contribution in [0.25, 0.3) is 5.82 Å². The molecule has 3 heterocycles. The summed E-state index contributed by atoms with van der Waals surface area (Å²) in [5.41, 5.74) is 2.42. The molecule has 0 spiro atoms. The predicted molar refractivity (Wildman–Crippen MR) is 85.0 cm³/mol. The highest BCUT2D eigenvalue weighted by Gasteiger charge is 2.29. The number of hydrogen-bond acceptors (Lipinski definition) is 5. The number of aryl methyl sites for hydroxylation is 2. The number of nitrogens with one attached hydrogen (secondary N) is 2. The average Bonchev–Trinajstić information content (AvgIpc) is 3.19. The molecule has 2 aromatic heterocycles. The molecule has 7 nitrogen and oxygen atoms in total. The largest absolute Gasteiger partial charge is 0.378 e. The van der Waals surface area contributed by atoms with Gasteiger partial charge in [0.1, 0.15) is 5.76 Å². The zero-order valence-corrected chi connectivity index (χ0v) is 13.8. The minimum absolute atomic E-state index is 0.000582. The van der Waals surface area contributed by atoms with Crippen LogP contribution in [0.1, 0.15) is 27.5 Å². The Morgan fingerprint density at radius 1 is 1.39 bits per heavy atom. The summed E-state index contributed by atoms with van der Waals surface area (Å²) >= 11 is 0. The second-order valence-corrected chi connectivity index (χ2v) is 5.93. The van der Waals surface area contributed by atoms with Crippen molar-refractivity contribution in [3.63, 3.8) is 0 Å². The molecule has 2 N–H and O–H groups in total. The zero-order chi connectivity index (χ0) is 16.6. The Bertz CT molecular complexity index is 719. The molecule has 124 valence electrons. The lowest BCUT2D eigenvalue weighted by atomic mass is 10.1. The van der Waals surface area contributed by atoms with Crippen molar-refractivity contribution in [1.29, 1.82) is 0 Å². The summed E-state index contributed by atoms with van der Waals surface area (Å²) in [5, 5.41) is 10.3. The van der Waals surface area contributed by atoms with Crippen molar-refractivity contribution in [2.24, 2.45) is 0 Å². The third-order valence-corrected chi connectivity index (χ3v) is 4.30. The van der Waals surface area contributed by atoms with E-state index in [-0.39, 0.29) is 18.1 Å². The maximum atomic E-state index is 12.6. The maximum absolute atomic E-state index is 12.6. The monoisotopic (exact) mass is 318 g/mol.